The summed E-state index contributed by atoms with van der Waals surface area (Å²) in [6.07, 6.45) is 2.91. The molecular formula is C22H29N3O5S2. The number of aryl methyl sites for hydroxylation is 1. The van der Waals surface area contributed by atoms with Gasteiger partial charge in [0.25, 0.3) is 0 Å². The van der Waals surface area contributed by atoms with E-state index < -0.39 is 19.9 Å². The summed E-state index contributed by atoms with van der Waals surface area (Å²) in [4.78, 5) is 14.9. The molecule has 2 N–H and O–H groups in total. The van der Waals surface area contributed by atoms with Gasteiger partial charge in [-0.3, -0.25) is 9.69 Å². The van der Waals surface area contributed by atoms with Crippen LogP contribution >= 0.6 is 0 Å². The monoisotopic (exact) mass is 479 g/mol. The molecule has 1 atom stereocenters. The Balaban J connectivity index is 1.50. The third-order valence-corrected chi connectivity index (χ3v) is 8.00. The molecule has 1 unspecified atom stereocenters. The number of sulfone groups is 1. The Morgan fingerprint density at radius 3 is 2.25 bits per heavy atom. The number of piperidine rings is 1. The highest BCUT2D eigenvalue weighted by molar-refractivity contribution is 7.90. The highest BCUT2D eigenvalue weighted by Gasteiger charge is 2.24. The number of benzene rings is 2. The summed E-state index contributed by atoms with van der Waals surface area (Å²) in [6, 6.07) is 12.8. The normalized spacial score (nSPS) is 17.8. The highest BCUT2D eigenvalue weighted by atomic mass is 32.2. The van der Waals surface area contributed by atoms with Crippen molar-refractivity contribution >= 4 is 31.5 Å². The second-order valence-corrected chi connectivity index (χ2v) is 12.0. The molecule has 2 aromatic rings. The van der Waals surface area contributed by atoms with Crippen molar-refractivity contribution in [3.05, 3.63) is 54.1 Å². The van der Waals surface area contributed by atoms with Crippen LogP contribution in [0, 0.1) is 12.8 Å². The van der Waals surface area contributed by atoms with E-state index in [4.69, 9.17) is 0 Å². The topological polar surface area (TPSA) is 113 Å². The van der Waals surface area contributed by atoms with E-state index in [1.54, 1.807) is 36.4 Å². The van der Waals surface area contributed by atoms with Crippen molar-refractivity contribution in [1.29, 1.82) is 0 Å². The molecule has 1 heterocycles. The van der Waals surface area contributed by atoms with E-state index in [9.17, 15) is 21.6 Å². The Morgan fingerprint density at radius 1 is 1.00 bits per heavy atom. The van der Waals surface area contributed by atoms with E-state index in [1.165, 1.54) is 12.1 Å². The molecule has 10 heteroatoms. The van der Waals surface area contributed by atoms with E-state index >= 15 is 0 Å². The minimum Gasteiger partial charge on any atom is -0.325 e. The molecular weight excluding hydrogens is 450 g/mol. The predicted octanol–water partition coefficient (Wildman–Crippen LogP) is 2.03. The first kappa shape index (κ1) is 24.4. The number of likely N-dealkylation sites (tertiary alicyclic amines) is 1. The van der Waals surface area contributed by atoms with E-state index in [1.807, 2.05) is 11.8 Å². The lowest BCUT2D eigenvalue weighted by Crippen LogP contribution is -2.43. The summed E-state index contributed by atoms with van der Waals surface area (Å²) in [5.74, 6) is -0.0798. The third-order valence-electron chi connectivity index (χ3n) is 5.43. The Hall–Kier alpha value is -2.27. The van der Waals surface area contributed by atoms with Gasteiger partial charge in [-0.1, -0.05) is 17.7 Å². The van der Waals surface area contributed by atoms with Crippen LogP contribution in [0.4, 0.5) is 5.69 Å². The zero-order valence-corrected chi connectivity index (χ0v) is 19.9. The first-order valence-corrected chi connectivity index (χ1v) is 13.8. The molecule has 1 amide bonds. The van der Waals surface area contributed by atoms with Gasteiger partial charge < -0.3 is 5.32 Å². The van der Waals surface area contributed by atoms with Crippen LogP contribution in [0.3, 0.4) is 0 Å². The van der Waals surface area contributed by atoms with Gasteiger partial charge in [0.1, 0.15) is 0 Å². The number of nitrogens with zero attached hydrogens (tertiary/aromatic N) is 1. The average molecular weight is 480 g/mol. The Bertz CT molecular complexity index is 1150. The van der Waals surface area contributed by atoms with Gasteiger partial charge in [0.2, 0.25) is 15.9 Å². The van der Waals surface area contributed by atoms with Gasteiger partial charge in [-0.15, -0.1) is 0 Å². The largest absolute Gasteiger partial charge is 0.325 e. The van der Waals surface area contributed by atoms with Crippen molar-refractivity contribution in [3.8, 4) is 0 Å². The fraction of sp³-hybridized carbons (Fsp3) is 0.409. The number of rotatable bonds is 8. The SMILES string of the molecule is Cc1ccc(S(=O)(=O)NCC2CCCN(CC(=O)Nc3ccc(S(C)(=O)=O)cc3)C2)cc1. The van der Waals surface area contributed by atoms with Gasteiger partial charge in [-0.2, -0.15) is 0 Å². The van der Waals surface area contributed by atoms with Crippen molar-refractivity contribution in [1.82, 2.24) is 9.62 Å². The van der Waals surface area contributed by atoms with Crippen molar-refractivity contribution in [3.63, 3.8) is 0 Å². The average Bonchev–Trinajstić information content (AvgIpc) is 2.73. The van der Waals surface area contributed by atoms with Crippen LogP contribution < -0.4 is 10.0 Å². The quantitative estimate of drug-likeness (QED) is 0.599. The Morgan fingerprint density at radius 2 is 1.62 bits per heavy atom. The zero-order chi connectivity index (χ0) is 23.4. The number of carbonyl (C=O) groups is 1. The first-order valence-electron chi connectivity index (χ1n) is 10.4. The van der Waals surface area contributed by atoms with Gasteiger partial charge in [-0.05, 0) is 68.6 Å². The summed E-state index contributed by atoms with van der Waals surface area (Å²) in [6.45, 7) is 3.80. The third kappa shape index (κ3) is 6.86. The number of nitrogens with one attached hydrogen (secondary N) is 2. The molecule has 0 radical (unpaired) electrons. The zero-order valence-electron chi connectivity index (χ0n) is 18.2. The first-order chi connectivity index (χ1) is 15.0. The molecule has 0 aliphatic carbocycles. The molecule has 8 nitrogen and oxygen atoms in total. The van der Waals surface area contributed by atoms with Gasteiger partial charge >= 0.3 is 0 Å². The van der Waals surface area contributed by atoms with Crippen molar-refractivity contribution < 1.29 is 21.6 Å². The second-order valence-electron chi connectivity index (χ2n) is 8.25. The molecule has 3 rings (SSSR count). The van der Waals surface area contributed by atoms with Gasteiger partial charge in [0.15, 0.2) is 9.84 Å². The van der Waals surface area contributed by atoms with Crippen LogP contribution in [-0.4, -0.2) is 60.1 Å². The fourth-order valence-corrected chi connectivity index (χ4v) is 5.43. The van der Waals surface area contributed by atoms with Crippen molar-refractivity contribution in [2.75, 3.05) is 37.8 Å². The highest BCUT2D eigenvalue weighted by Crippen LogP contribution is 2.18. The maximum absolute atomic E-state index is 12.5. The number of hydrogen-bond donors (Lipinski definition) is 2. The molecule has 1 saturated heterocycles. The standard InChI is InChI=1S/C22H29N3O5S2/c1-17-5-9-21(10-6-17)32(29,30)23-14-18-4-3-13-25(15-18)16-22(26)24-19-7-11-20(12-8-19)31(2,27)28/h5-12,18,23H,3-4,13-16H2,1-2H3,(H,24,26). The molecule has 0 saturated carbocycles. The van der Waals surface area contributed by atoms with Gasteiger partial charge in [0.05, 0.1) is 16.3 Å². The van der Waals surface area contributed by atoms with Crippen molar-refractivity contribution in [2.45, 2.75) is 29.6 Å². The number of sulfonamides is 1. The number of hydrogen-bond acceptors (Lipinski definition) is 6. The minimum absolute atomic E-state index is 0.116. The second kappa shape index (κ2) is 10.1. The fourth-order valence-electron chi connectivity index (χ4n) is 3.68. The lowest BCUT2D eigenvalue weighted by molar-refractivity contribution is -0.117. The molecule has 1 aliphatic heterocycles. The smallest absolute Gasteiger partial charge is 0.240 e. The van der Waals surface area contributed by atoms with E-state index in [-0.39, 0.29) is 28.2 Å². The van der Waals surface area contributed by atoms with E-state index in [0.29, 0.717) is 18.8 Å². The van der Waals surface area contributed by atoms with Crippen LogP contribution in [0.25, 0.3) is 0 Å². The predicted molar refractivity (Wildman–Crippen MR) is 124 cm³/mol. The summed E-state index contributed by atoms with van der Waals surface area (Å²) in [5, 5.41) is 2.78. The Labute approximate surface area is 190 Å². The van der Waals surface area contributed by atoms with E-state index in [2.05, 4.69) is 10.0 Å². The Kier molecular flexibility index (Phi) is 7.71. The van der Waals surface area contributed by atoms with E-state index in [0.717, 1.165) is 31.2 Å². The summed E-state index contributed by atoms with van der Waals surface area (Å²) in [5.41, 5.74) is 1.53. The van der Waals surface area contributed by atoms with Crippen LogP contribution in [0.15, 0.2) is 58.3 Å². The molecule has 174 valence electrons. The summed E-state index contributed by atoms with van der Waals surface area (Å²) < 4.78 is 50.8. The number of anilines is 1. The lowest BCUT2D eigenvalue weighted by Gasteiger charge is -2.32. The number of carbonyl (C=O) groups excluding carboxylic acids is 1. The van der Waals surface area contributed by atoms with Crippen molar-refractivity contribution in [2.24, 2.45) is 5.92 Å². The van der Waals surface area contributed by atoms with Gasteiger partial charge in [-0.25, -0.2) is 21.6 Å². The lowest BCUT2D eigenvalue weighted by atomic mass is 9.98. The maximum Gasteiger partial charge on any atom is 0.240 e. The minimum atomic E-state index is -3.56. The molecule has 2 aromatic carbocycles. The van der Waals surface area contributed by atoms with Crippen LogP contribution in [0.2, 0.25) is 0 Å². The summed E-state index contributed by atoms with van der Waals surface area (Å²) >= 11 is 0. The molecule has 0 spiro atoms. The van der Waals surface area contributed by atoms with Gasteiger partial charge in [0, 0.05) is 25.0 Å². The molecule has 32 heavy (non-hydrogen) atoms. The number of amides is 1. The van der Waals surface area contributed by atoms with Crippen LogP contribution in [0.5, 0.6) is 0 Å². The van der Waals surface area contributed by atoms with Crippen LogP contribution in [0.1, 0.15) is 18.4 Å². The molecule has 0 aromatic heterocycles. The summed E-state index contributed by atoms with van der Waals surface area (Å²) in [7, 11) is -6.84. The maximum atomic E-state index is 12.5. The molecule has 0 bridgehead atoms. The van der Waals surface area contributed by atoms with Crippen LogP contribution in [-0.2, 0) is 24.7 Å². The molecule has 1 aliphatic rings. The molecule has 1 fully saturated rings.